The molecule has 1 aromatic heterocycles. The first-order valence-corrected chi connectivity index (χ1v) is 5.96. The fourth-order valence-corrected chi connectivity index (χ4v) is 1.98. The highest BCUT2D eigenvalue weighted by molar-refractivity contribution is 4.85. The third-order valence-electron chi connectivity index (χ3n) is 2.85. The lowest BCUT2D eigenvalue weighted by Gasteiger charge is -2.08. The van der Waals surface area contributed by atoms with Crippen LogP contribution < -0.4 is 5.73 Å². The van der Waals surface area contributed by atoms with E-state index in [1.165, 1.54) is 0 Å². The van der Waals surface area contributed by atoms with Gasteiger partial charge in [-0.1, -0.05) is 12.1 Å². The van der Waals surface area contributed by atoms with E-state index < -0.39 is 0 Å². The van der Waals surface area contributed by atoms with Gasteiger partial charge in [0.05, 0.1) is 6.10 Å². The van der Waals surface area contributed by atoms with Gasteiger partial charge in [-0.3, -0.25) is 0 Å². The molecule has 0 spiro atoms. The highest BCUT2D eigenvalue weighted by Gasteiger charge is 2.22. The predicted octanol–water partition coefficient (Wildman–Crippen LogP) is 1.42. The first-order valence-electron chi connectivity index (χ1n) is 5.96. The van der Waals surface area contributed by atoms with Crippen molar-refractivity contribution in [1.82, 2.24) is 10.1 Å². The molecule has 5 heteroatoms. The van der Waals surface area contributed by atoms with Crippen LogP contribution in [0.3, 0.4) is 0 Å². The largest absolute Gasteiger partial charge is 0.370 e. The van der Waals surface area contributed by atoms with E-state index in [-0.39, 0.29) is 6.10 Å². The Kier molecular flexibility index (Phi) is 3.90. The average Bonchev–Trinajstić information content (AvgIpc) is 2.85. The predicted molar refractivity (Wildman–Crippen MR) is 58.7 cm³/mol. The summed E-state index contributed by atoms with van der Waals surface area (Å²) in [5.41, 5.74) is 5.81. The molecule has 0 aliphatic heterocycles. The van der Waals surface area contributed by atoms with Gasteiger partial charge in [-0.2, -0.15) is 4.98 Å². The summed E-state index contributed by atoms with van der Waals surface area (Å²) >= 11 is 0. The molecule has 5 nitrogen and oxygen atoms in total. The van der Waals surface area contributed by atoms with Crippen LogP contribution in [-0.4, -0.2) is 22.3 Å². The Labute approximate surface area is 95.3 Å². The second-order valence-electron chi connectivity index (χ2n) is 4.36. The lowest BCUT2D eigenvalue weighted by molar-refractivity contribution is 0.0399. The van der Waals surface area contributed by atoms with Gasteiger partial charge in [0.2, 0.25) is 5.89 Å². The van der Waals surface area contributed by atoms with Gasteiger partial charge in [0, 0.05) is 12.5 Å². The minimum Gasteiger partial charge on any atom is -0.370 e. The molecule has 2 unspecified atom stereocenters. The van der Waals surface area contributed by atoms with Gasteiger partial charge in [0.15, 0.2) is 5.82 Å². The van der Waals surface area contributed by atoms with E-state index in [9.17, 15) is 0 Å². The van der Waals surface area contributed by atoms with Crippen molar-refractivity contribution in [2.75, 3.05) is 0 Å². The third-order valence-corrected chi connectivity index (χ3v) is 2.85. The van der Waals surface area contributed by atoms with Crippen LogP contribution >= 0.6 is 0 Å². The molecule has 16 heavy (non-hydrogen) atoms. The van der Waals surface area contributed by atoms with Crippen molar-refractivity contribution in [3.63, 3.8) is 0 Å². The Morgan fingerprint density at radius 2 is 2.38 bits per heavy atom. The maximum absolute atomic E-state index is 5.81. The number of nitrogens with zero attached hydrogens (tertiary/aromatic N) is 2. The Bertz CT molecular complexity index is 327. The van der Waals surface area contributed by atoms with E-state index in [0.29, 0.717) is 24.4 Å². The van der Waals surface area contributed by atoms with Crippen LogP contribution in [0.15, 0.2) is 4.52 Å². The van der Waals surface area contributed by atoms with Gasteiger partial charge in [-0.25, -0.2) is 0 Å². The third kappa shape index (κ3) is 3.02. The summed E-state index contributed by atoms with van der Waals surface area (Å²) in [6, 6.07) is 0.297. The van der Waals surface area contributed by atoms with Gasteiger partial charge in [0.1, 0.15) is 6.61 Å². The molecule has 1 aliphatic rings. The number of aromatic nitrogens is 2. The molecule has 2 rings (SSSR count). The Morgan fingerprint density at radius 3 is 3.06 bits per heavy atom. The molecular formula is C11H19N3O2. The molecule has 1 saturated carbocycles. The smallest absolute Gasteiger partial charge is 0.226 e. The zero-order valence-electron chi connectivity index (χ0n) is 9.69. The minimum atomic E-state index is 0.267. The first kappa shape index (κ1) is 11.5. The number of hydrogen-bond acceptors (Lipinski definition) is 5. The number of nitrogens with two attached hydrogens (primary N) is 1. The molecule has 1 heterocycles. The fraction of sp³-hybridized carbons (Fsp3) is 0.818. The van der Waals surface area contributed by atoms with Crippen molar-refractivity contribution >= 4 is 0 Å². The molecule has 0 bridgehead atoms. The van der Waals surface area contributed by atoms with Crippen LogP contribution in [0, 0.1) is 0 Å². The van der Waals surface area contributed by atoms with Crippen molar-refractivity contribution in [3.8, 4) is 0 Å². The number of rotatable bonds is 5. The summed E-state index contributed by atoms with van der Waals surface area (Å²) in [6.45, 7) is 2.52. The highest BCUT2D eigenvalue weighted by Crippen LogP contribution is 2.21. The molecule has 90 valence electrons. The van der Waals surface area contributed by atoms with Gasteiger partial charge in [-0.15, -0.1) is 0 Å². The molecule has 0 aromatic carbocycles. The Morgan fingerprint density at radius 1 is 1.50 bits per heavy atom. The van der Waals surface area contributed by atoms with Gasteiger partial charge in [-0.05, 0) is 25.7 Å². The Hall–Kier alpha value is -0.940. The van der Waals surface area contributed by atoms with E-state index in [1.54, 1.807) is 0 Å². The maximum Gasteiger partial charge on any atom is 0.226 e. The lowest BCUT2D eigenvalue weighted by atomic mass is 10.3. The summed E-state index contributed by atoms with van der Waals surface area (Å²) < 4.78 is 10.8. The van der Waals surface area contributed by atoms with E-state index in [0.717, 1.165) is 32.1 Å². The minimum absolute atomic E-state index is 0.267. The summed E-state index contributed by atoms with van der Waals surface area (Å²) in [7, 11) is 0. The first-order chi connectivity index (χ1) is 7.78. The van der Waals surface area contributed by atoms with Gasteiger partial charge >= 0.3 is 0 Å². The van der Waals surface area contributed by atoms with Gasteiger partial charge in [0.25, 0.3) is 0 Å². The number of aryl methyl sites for hydroxylation is 1. The molecule has 0 radical (unpaired) electrons. The van der Waals surface area contributed by atoms with Crippen LogP contribution in [0.5, 0.6) is 0 Å². The summed E-state index contributed by atoms with van der Waals surface area (Å²) in [4.78, 5) is 4.25. The standard InChI is InChI=1S/C11H19N3O2/c1-2-3-11-13-10(14-16-11)7-15-9-5-4-8(12)6-9/h8-9H,2-7,12H2,1H3. The second-order valence-corrected chi connectivity index (χ2v) is 4.36. The molecule has 0 amide bonds. The van der Waals surface area contributed by atoms with E-state index in [1.807, 2.05) is 0 Å². The zero-order valence-corrected chi connectivity index (χ0v) is 9.69. The monoisotopic (exact) mass is 225 g/mol. The highest BCUT2D eigenvalue weighted by atomic mass is 16.5. The zero-order chi connectivity index (χ0) is 11.4. The molecular weight excluding hydrogens is 206 g/mol. The lowest BCUT2D eigenvalue weighted by Crippen LogP contribution is -2.17. The molecule has 1 aliphatic carbocycles. The SMILES string of the molecule is CCCc1nc(COC2CCC(N)C2)no1. The van der Waals surface area contributed by atoms with E-state index in [2.05, 4.69) is 17.1 Å². The molecule has 1 aromatic rings. The summed E-state index contributed by atoms with van der Waals surface area (Å²) in [5, 5.41) is 3.87. The second kappa shape index (κ2) is 5.41. The molecule has 2 N–H and O–H groups in total. The average molecular weight is 225 g/mol. The molecule has 0 saturated heterocycles. The topological polar surface area (TPSA) is 74.2 Å². The van der Waals surface area contributed by atoms with E-state index in [4.69, 9.17) is 15.0 Å². The van der Waals surface area contributed by atoms with Crippen LogP contribution in [-0.2, 0) is 17.8 Å². The fourth-order valence-electron chi connectivity index (χ4n) is 1.98. The van der Waals surface area contributed by atoms with Crippen molar-refractivity contribution in [3.05, 3.63) is 11.7 Å². The number of hydrogen-bond donors (Lipinski definition) is 1. The van der Waals surface area contributed by atoms with Crippen molar-refractivity contribution < 1.29 is 9.26 Å². The number of ether oxygens (including phenoxy) is 1. The summed E-state index contributed by atoms with van der Waals surface area (Å²) in [6.07, 6.45) is 5.16. The Balaban J connectivity index is 1.76. The quantitative estimate of drug-likeness (QED) is 0.820. The van der Waals surface area contributed by atoms with Crippen molar-refractivity contribution in [2.45, 2.75) is 57.8 Å². The maximum atomic E-state index is 5.81. The van der Waals surface area contributed by atoms with Crippen molar-refractivity contribution in [1.29, 1.82) is 0 Å². The molecule has 1 fully saturated rings. The summed E-state index contributed by atoms with van der Waals surface area (Å²) in [5.74, 6) is 1.34. The molecule has 2 atom stereocenters. The van der Waals surface area contributed by atoms with Crippen LogP contribution in [0.2, 0.25) is 0 Å². The van der Waals surface area contributed by atoms with Gasteiger partial charge < -0.3 is 15.0 Å². The normalized spacial score (nSPS) is 25.1. The van der Waals surface area contributed by atoms with Crippen LogP contribution in [0.4, 0.5) is 0 Å². The van der Waals surface area contributed by atoms with E-state index >= 15 is 0 Å². The van der Waals surface area contributed by atoms with Crippen LogP contribution in [0.25, 0.3) is 0 Å². The van der Waals surface area contributed by atoms with Crippen molar-refractivity contribution in [2.24, 2.45) is 5.73 Å². The van der Waals surface area contributed by atoms with Crippen LogP contribution in [0.1, 0.15) is 44.3 Å².